The second-order valence-electron chi connectivity index (χ2n) is 5.52. The number of halogens is 1. The summed E-state index contributed by atoms with van der Waals surface area (Å²) in [6.07, 6.45) is 0. The van der Waals surface area contributed by atoms with Crippen molar-refractivity contribution >= 4 is 16.7 Å². The van der Waals surface area contributed by atoms with Gasteiger partial charge in [-0.1, -0.05) is 18.2 Å². The zero-order chi connectivity index (χ0) is 16.8. The van der Waals surface area contributed by atoms with E-state index in [4.69, 9.17) is 4.74 Å². The van der Waals surface area contributed by atoms with Crippen LogP contribution in [-0.2, 0) is 16.1 Å². The van der Waals surface area contributed by atoms with E-state index in [-0.39, 0.29) is 24.5 Å². The number of likely N-dealkylation sites (N-methyl/N-ethyl adjacent to an activating group) is 1. The van der Waals surface area contributed by atoms with Crippen molar-refractivity contribution in [1.82, 2.24) is 9.78 Å². The van der Waals surface area contributed by atoms with Crippen molar-refractivity contribution in [3.63, 3.8) is 0 Å². The Hall–Kier alpha value is -1.92. The van der Waals surface area contributed by atoms with Crippen LogP contribution < -0.4 is 22.9 Å². The average Bonchev–Trinajstić information content (AvgIpc) is 2.56. The van der Waals surface area contributed by atoms with Gasteiger partial charge in [-0.15, -0.1) is 0 Å². The number of ether oxygens (including phenoxy) is 1. The molecule has 132 valence electrons. The summed E-state index contributed by atoms with van der Waals surface area (Å²) in [5.74, 6) is -0.430. The van der Waals surface area contributed by atoms with E-state index in [0.29, 0.717) is 12.0 Å². The maximum absolute atomic E-state index is 12.4. The van der Waals surface area contributed by atoms with Gasteiger partial charge in [-0.05, 0) is 26.8 Å². The molecule has 0 radical (unpaired) electrons. The number of hydrogen-bond acceptors (Lipinski definition) is 4. The second kappa shape index (κ2) is 9.39. The second-order valence-corrected chi connectivity index (χ2v) is 5.52. The third-order valence-electron chi connectivity index (χ3n) is 4.05. The first kappa shape index (κ1) is 20.1. The van der Waals surface area contributed by atoms with Gasteiger partial charge in [0.1, 0.15) is 19.7 Å². The number of hydrogen-bond donors (Lipinski definition) is 1. The minimum absolute atomic E-state index is 0. The smallest absolute Gasteiger partial charge is 0.328 e. The van der Waals surface area contributed by atoms with E-state index < -0.39 is 5.97 Å². The van der Waals surface area contributed by atoms with Crippen molar-refractivity contribution in [3.05, 3.63) is 40.3 Å². The van der Waals surface area contributed by atoms with Crippen molar-refractivity contribution < 1.29 is 26.8 Å². The Morgan fingerprint density at radius 3 is 2.46 bits per heavy atom. The molecule has 1 aromatic heterocycles. The third kappa shape index (κ3) is 4.79. The standard InChI is InChI=1S/C17H23N3O3.ClH/c1-4-19(5-2)10-11-23-16(21)12-20-17(22)15-9-7-6-8-14(15)13(3)18-20;/h6-9H,4-5,10-12H2,1-3H3;1H. The molecule has 0 aliphatic rings. The number of benzene rings is 1. The predicted octanol–water partition coefficient (Wildman–Crippen LogP) is -2.82. The maximum Gasteiger partial charge on any atom is 0.328 e. The fraction of sp³-hybridized carbons (Fsp3) is 0.471. The highest BCUT2D eigenvalue weighted by atomic mass is 35.5. The Labute approximate surface area is 147 Å². The lowest BCUT2D eigenvalue weighted by Crippen LogP contribution is -3.11. The van der Waals surface area contributed by atoms with Gasteiger partial charge in [0.05, 0.1) is 24.2 Å². The Morgan fingerprint density at radius 1 is 1.21 bits per heavy atom. The first-order valence-corrected chi connectivity index (χ1v) is 8.02. The molecule has 0 atom stereocenters. The number of aryl methyl sites for hydroxylation is 1. The molecule has 2 aromatic rings. The number of quaternary nitrogens is 1. The van der Waals surface area contributed by atoms with Gasteiger partial charge in [0.2, 0.25) is 0 Å². The van der Waals surface area contributed by atoms with Crippen LogP contribution in [0.5, 0.6) is 0 Å². The lowest BCUT2D eigenvalue weighted by atomic mass is 10.1. The molecule has 0 fully saturated rings. The van der Waals surface area contributed by atoms with E-state index >= 15 is 0 Å². The average molecular weight is 354 g/mol. The van der Waals surface area contributed by atoms with Gasteiger partial charge in [0.25, 0.3) is 5.56 Å². The van der Waals surface area contributed by atoms with Crippen molar-refractivity contribution in [2.24, 2.45) is 0 Å². The number of aromatic nitrogens is 2. The van der Waals surface area contributed by atoms with Crippen LogP contribution in [0, 0.1) is 6.92 Å². The number of nitrogens with zero attached hydrogens (tertiary/aromatic N) is 2. The molecule has 2 rings (SSSR count). The van der Waals surface area contributed by atoms with Crippen LogP contribution in [0.15, 0.2) is 29.1 Å². The van der Waals surface area contributed by atoms with Crippen LogP contribution in [0.1, 0.15) is 19.5 Å². The monoisotopic (exact) mass is 353 g/mol. The molecule has 0 amide bonds. The van der Waals surface area contributed by atoms with Crippen LogP contribution in [0.3, 0.4) is 0 Å². The Bertz CT molecular complexity index is 741. The molecule has 0 unspecified atom stereocenters. The van der Waals surface area contributed by atoms with Crippen LogP contribution >= 0.6 is 0 Å². The van der Waals surface area contributed by atoms with E-state index in [1.807, 2.05) is 19.1 Å². The lowest BCUT2D eigenvalue weighted by Gasteiger charge is -2.15. The normalized spacial score (nSPS) is 10.7. The zero-order valence-corrected chi connectivity index (χ0v) is 15.1. The highest BCUT2D eigenvalue weighted by molar-refractivity contribution is 5.83. The van der Waals surface area contributed by atoms with Crippen molar-refractivity contribution in [2.45, 2.75) is 27.3 Å². The van der Waals surface area contributed by atoms with Crippen LogP contribution in [0.2, 0.25) is 0 Å². The summed E-state index contributed by atoms with van der Waals surface area (Å²) in [5.41, 5.74) is 0.457. The number of carbonyl (C=O) groups excluding carboxylic acids is 1. The van der Waals surface area contributed by atoms with Crippen molar-refractivity contribution in [3.8, 4) is 0 Å². The lowest BCUT2D eigenvalue weighted by molar-refractivity contribution is -0.896. The van der Waals surface area contributed by atoms with Crippen LogP contribution in [0.4, 0.5) is 0 Å². The first-order valence-electron chi connectivity index (χ1n) is 8.02. The van der Waals surface area contributed by atoms with Gasteiger partial charge < -0.3 is 22.0 Å². The molecule has 1 N–H and O–H groups in total. The summed E-state index contributed by atoms with van der Waals surface area (Å²) in [4.78, 5) is 25.7. The summed E-state index contributed by atoms with van der Waals surface area (Å²) in [6, 6.07) is 7.27. The van der Waals surface area contributed by atoms with Crippen LogP contribution in [-0.4, -0.2) is 42.0 Å². The third-order valence-corrected chi connectivity index (χ3v) is 4.05. The fourth-order valence-corrected chi connectivity index (χ4v) is 2.59. The van der Waals surface area contributed by atoms with Gasteiger partial charge in [0.15, 0.2) is 0 Å². The molecular formula is C17H24ClN3O3. The molecule has 0 aliphatic heterocycles. The Morgan fingerprint density at radius 2 is 1.83 bits per heavy atom. The highest BCUT2D eigenvalue weighted by Crippen LogP contribution is 2.11. The van der Waals surface area contributed by atoms with Gasteiger partial charge >= 0.3 is 5.97 Å². The summed E-state index contributed by atoms with van der Waals surface area (Å²) in [6.45, 7) is 9.00. The summed E-state index contributed by atoms with van der Waals surface area (Å²) in [7, 11) is 0. The van der Waals surface area contributed by atoms with E-state index in [1.54, 1.807) is 12.1 Å². The minimum Gasteiger partial charge on any atom is -1.00 e. The maximum atomic E-state index is 12.4. The van der Waals surface area contributed by atoms with E-state index in [2.05, 4.69) is 18.9 Å². The molecule has 0 aliphatic carbocycles. The number of rotatable bonds is 7. The molecule has 0 saturated carbocycles. The van der Waals surface area contributed by atoms with Crippen molar-refractivity contribution in [1.29, 1.82) is 0 Å². The predicted molar refractivity (Wildman–Crippen MR) is 88.6 cm³/mol. The fourth-order valence-electron chi connectivity index (χ4n) is 2.59. The SMILES string of the molecule is CC[NH+](CC)CCOC(=O)Cn1nc(C)c2ccccc2c1=O.[Cl-]. The van der Waals surface area contributed by atoms with E-state index in [9.17, 15) is 9.59 Å². The molecule has 0 bridgehead atoms. The topological polar surface area (TPSA) is 65.6 Å². The number of fused-ring (bicyclic) bond motifs is 1. The van der Waals surface area contributed by atoms with Crippen LogP contribution in [0.25, 0.3) is 10.8 Å². The number of esters is 1. The van der Waals surface area contributed by atoms with Gasteiger partial charge in [0, 0.05) is 5.39 Å². The summed E-state index contributed by atoms with van der Waals surface area (Å²) in [5, 5.41) is 5.60. The Kier molecular flexibility index (Phi) is 7.88. The van der Waals surface area contributed by atoms with Gasteiger partial charge in [-0.25, -0.2) is 4.68 Å². The Balaban J connectivity index is 0.00000288. The zero-order valence-electron chi connectivity index (χ0n) is 14.3. The molecule has 1 aromatic carbocycles. The quantitative estimate of drug-likeness (QED) is 0.545. The number of carbonyl (C=O) groups is 1. The molecule has 0 spiro atoms. The molecule has 0 saturated heterocycles. The minimum atomic E-state index is -0.430. The van der Waals surface area contributed by atoms with Gasteiger partial charge in [-0.3, -0.25) is 9.59 Å². The van der Waals surface area contributed by atoms with Crippen molar-refractivity contribution in [2.75, 3.05) is 26.2 Å². The number of nitrogens with one attached hydrogen (secondary N) is 1. The van der Waals surface area contributed by atoms with E-state index in [1.165, 1.54) is 9.58 Å². The van der Waals surface area contributed by atoms with Gasteiger partial charge in [-0.2, -0.15) is 5.10 Å². The highest BCUT2D eigenvalue weighted by Gasteiger charge is 2.12. The summed E-state index contributed by atoms with van der Waals surface area (Å²) >= 11 is 0. The largest absolute Gasteiger partial charge is 1.00 e. The summed E-state index contributed by atoms with van der Waals surface area (Å²) < 4.78 is 6.41. The molecule has 24 heavy (non-hydrogen) atoms. The molecular weight excluding hydrogens is 330 g/mol. The first-order chi connectivity index (χ1) is 11.1. The molecule has 7 heteroatoms. The van der Waals surface area contributed by atoms with E-state index in [0.717, 1.165) is 30.7 Å². The molecule has 6 nitrogen and oxygen atoms in total. The molecule has 1 heterocycles.